The summed E-state index contributed by atoms with van der Waals surface area (Å²) in [5.74, 6) is 0. The third-order valence-corrected chi connectivity index (χ3v) is 48.6. The van der Waals surface area contributed by atoms with Crippen molar-refractivity contribution in [3.05, 3.63) is 228 Å². The first-order chi connectivity index (χ1) is 54.7. The third kappa shape index (κ3) is 34.0. The van der Waals surface area contributed by atoms with Gasteiger partial charge >= 0.3 is 0 Å². The highest BCUT2D eigenvalue weighted by Crippen LogP contribution is 2.68. The third-order valence-electron chi connectivity index (χ3n) is 19.4. The second-order valence-corrected chi connectivity index (χ2v) is 55.4. The average molecular weight is 2240 g/mol. The normalized spacial score (nSPS) is 20.0. The SMILES string of the molecule is CC1=C(c2ccccc2)S/C(=C2\SC(C)=C(c3ccccc3)S2)S1.CCCCCCCCCCC1=C(C)S/C(=C2/SC(C)=C(CCCCCCCCCC)S2)S1.CCCCCCCCCCC1=C(I)S/C(=C2/SC(I)=C(CCCCCCCCCC)S2)S1.IC1=C(c2ccccc2)S/C(=C2\SC(I)=C(c3ccccc3)S2)S1. The summed E-state index contributed by atoms with van der Waals surface area (Å²) in [5.41, 5.74) is 5.27. The van der Waals surface area contributed by atoms with Crippen molar-refractivity contribution in [3.63, 3.8) is 0 Å². The zero-order valence-electron chi connectivity index (χ0n) is 67.0. The van der Waals surface area contributed by atoms with Crippen molar-refractivity contribution in [2.24, 2.45) is 0 Å². The molecular formula is C92H116I4S16. The Balaban J connectivity index is 0.000000173. The molecule has 0 N–H and O–H groups in total. The summed E-state index contributed by atoms with van der Waals surface area (Å²) in [7, 11) is 0. The van der Waals surface area contributed by atoms with Crippen LogP contribution in [0.3, 0.4) is 0 Å². The van der Waals surface area contributed by atoms with E-state index in [1.165, 1.54) is 311 Å². The lowest BCUT2D eigenvalue weighted by molar-refractivity contribution is 0.577. The fraction of sp³-hybridized carbons (Fsp3) is 0.478. The van der Waals surface area contributed by atoms with Crippen molar-refractivity contribution in [1.29, 1.82) is 0 Å². The molecule has 0 amide bonds. The first-order valence-corrected chi connectivity index (χ1v) is 58.6. The van der Waals surface area contributed by atoms with Crippen LogP contribution >= 0.6 is 279 Å². The van der Waals surface area contributed by atoms with E-state index >= 15 is 0 Å². The maximum atomic E-state index is 2.59. The number of hydrogen-bond donors (Lipinski definition) is 0. The van der Waals surface area contributed by atoms with Gasteiger partial charge in [-0.3, -0.25) is 0 Å². The van der Waals surface area contributed by atoms with Crippen LogP contribution in [0.15, 0.2) is 206 Å². The molecule has 0 atom stereocenters. The van der Waals surface area contributed by atoms with E-state index in [0.717, 1.165) is 0 Å². The molecule has 4 aromatic rings. The van der Waals surface area contributed by atoms with Crippen LogP contribution in [0.2, 0.25) is 0 Å². The van der Waals surface area contributed by atoms with Crippen molar-refractivity contribution in [1.82, 2.24) is 0 Å². The minimum atomic E-state index is 1.28. The zero-order chi connectivity index (χ0) is 79.1. The van der Waals surface area contributed by atoms with Crippen molar-refractivity contribution in [2.45, 2.75) is 287 Å². The zero-order valence-corrected chi connectivity index (χ0v) is 88.7. The monoisotopic (exact) mass is 2240 g/mol. The van der Waals surface area contributed by atoms with E-state index in [4.69, 9.17) is 0 Å². The fourth-order valence-electron chi connectivity index (χ4n) is 13.1. The van der Waals surface area contributed by atoms with E-state index in [1.54, 1.807) is 46.4 Å². The van der Waals surface area contributed by atoms with Crippen LogP contribution in [0.5, 0.6) is 0 Å². The maximum absolute atomic E-state index is 2.59. The Morgan fingerprint density at radius 2 is 0.384 bits per heavy atom. The summed E-state index contributed by atoms with van der Waals surface area (Å²) in [5, 5.41) is 0. The van der Waals surface area contributed by atoms with Gasteiger partial charge in [0.25, 0.3) is 0 Å². The molecule has 0 fully saturated rings. The van der Waals surface area contributed by atoms with Gasteiger partial charge in [-0.15, -0.1) is 0 Å². The molecule has 0 aromatic heterocycles. The number of allylic oxidation sites excluding steroid dienone is 8. The van der Waals surface area contributed by atoms with Gasteiger partial charge in [-0.05, 0) is 211 Å². The molecule has 0 saturated carbocycles. The molecular weight excluding hydrogens is 2130 g/mol. The summed E-state index contributed by atoms with van der Waals surface area (Å²) in [6.45, 7) is 18.4. The van der Waals surface area contributed by atoms with Crippen molar-refractivity contribution in [3.8, 4) is 0 Å². The number of thioether (sulfide) groups is 16. The molecule has 0 aliphatic carbocycles. The Kier molecular flexibility index (Phi) is 49.9. The summed E-state index contributed by atoms with van der Waals surface area (Å²) in [6, 6.07) is 42.8. The molecule has 0 unspecified atom stereocenters. The predicted molar refractivity (Wildman–Crippen MR) is 579 cm³/mol. The van der Waals surface area contributed by atoms with Gasteiger partial charge in [0.15, 0.2) is 0 Å². The van der Waals surface area contributed by atoms with E-state index < -0.39 is 0 Å². The van der Waals surface area contributed by atoms with Crippen molar-refractivity contribution >= 4 is 298 Å². The lowest BCUT2D eigenvalue weighted by Crippen LogP contribution is -1.82. The van der Waals surface area contributed by atoms with E-state index in [1.807, 2.05) is 141 Å². The molecule has 0 nitrogen and oxygen atoms in total. The maximum Gasteiger partial charge on any atom is 0.0711 e. The quantitative estimate of drug-likeness (QED) is 0.0306. The number of unbranched alkanes of at least 4 members (excludes halogenated alkanes) is 28. The van der Waals surface area contributed by atoms with E-state index in [0.29, 0.717) is 0 Å². The lowest BCUT2D eigenvalue weighted by Gasteiger charge is -2.05. The molecule has 8 heterocycles. The molecule has 0 bridgehead atoms. The van der Waals surface area contributed by atoms with Crippen LogP contribution in [0.1, 0.15) is 309 Å². The summed E-state index contributed by atoms with van der Waals surface area (Å²) in [4.78, 5) is 18.1. The highest BCUT2D eigenvalue weighted by molar-refractivity contribution is 14.1. The standard InChI is InChI=1S/C28H48S4.C26H42I2S4.C20H16S4.C18H10I2S4/c1-5-7-9-11-13-15-17-19-21-25-23(3)29-27(31-25)28-30-24(4)26(32-28)22-20-18-16-14-12-10-8-6-2;1-3-5-7-9-11-13-15-17-19-21-23(27)31-25(29-21)26-30-22(24(28)32-26)20-18-16-14-12-10-8-6-4-2;1-13-17(15-9-5-3-6-10-15)23-19(21-13)20-22-14(2)18(24-20)16-11-7-4-8-12-16;19-15-13(11-7-3-1-4-8-11)21-17(23-15)18-22-14(16(20)24-18)12-9-5-2-6-10-12/h5-22H2,1-4H3;3-20H2,1-2H3;3-12H,1-2H3;1-10H/b28-27+;26-25+;20-19+;18-17+. The van der Waals surface area contributed by atoms with Gasteiger partial charge in [-0.2, -0.15) is 0 Å². The molecule has 4 aromatic carbocycles. The highest BCUT2D eigenvalue weighted by Gasteiger charge is 2.33. The van der Waals surface area contributed by atoms with Gasteiger partial charge < -0.3 is 0 Å². The molecule has 608 valence electrons. The van der Waals surface area contributed by atoms with Crippen LogP contribution < -0.4 is 0 Å². The van der Waals surface area contributed by atoms with E-state index in [9.17, 15) is 0 Å². The van der Waals surface area contributed by atoms with Crippen LogP contribution in [-0.4, -0.2) is 0 Å². The van der Waals surface area contributed by atoms with E-state index in [2.05, 4.69) is 314 Å². The molecule has 0 radical (unpaired) electrons. The average Bonchev–Trinajstić information content (AvgIpc) is 1.65. The largest absolute Gasteiger partial charge is 0.0849 e. The van der Waals surface area contributed by atoms with Gasteiger partial charge in [-0.25, -0.2) is 0 Å². The second-order valence-electron chi connectivity index (χ2n) is 28.6. The number of hydrogen-bond acceptors (Lipinski definition) is 16. The fourth-order valence-corrected chi connectivity index (χ4v) is 41.3. The first-order valence-electron chi connectivity index (χ1n) is 41.2. The van der Waals surface area contributed by atoms with Crippen molar-refractivity contribution < 1.29 is 0 Å². The minimum absolute atomic E-state index is 1.28. The number of halogens is 4. The Bertz CT molecular complexity index is 3520. The van der Waals surface area contributed by atoms with Gasteiger partial charge in [0.2, 0.25) is 0 Å². The second kappa shape index (κ2) is 57.0. The lowest BCUT2D eigenvalue weighted by atomic mass is 10.1. The van der Waals surface area contributed by atoms with Gasteiger partial charge in [-0.1, -0.05) is 517 Å². The predicted octanol–water partition coefficient (Wildman–Crippen LogP) is 42.4. The van der Waals surface area contributed by atoms with Crippen LogP contribution in [0, 0.1) is 0 Å². The Morgan fingerprint density at radius 1 is 0.188 bits per heavy atom. The summed E-state index contributed by atoms with van der Waals surface area (Å²) in [6.07, 6.45) is 50.3. The Labute approximate surface area is 801 Å². The summed E-state index contributed by atoms with van der Waals surface area (Å²) < 4.78 is 17.7. The van der Waals surface area contributed by atoms with Crippen LogP contribution in [0.25, 0.3) is 19.6 Å². The molecule has 0 spiro atoms. The molecule has 8 aliphatic rings. The number of rotatable bonds is 40. The first kappa shape index (κ1) is 98.1. The summed E-state index contributed by atoms with van der Waals surface area (Å²) >= 11 is 41.9. The molecule has 20 heteroatoms. The van der Waals surface area contributed by atoms with Gasteiger partial charge in [0.1, 0.15) is 0 Å². The van der Waals surface area contributed by atoms with Gasteiger partial charge in [0.05, 0.1) is 45.5 Å². The molecule has 8 aliphatic heterocycles. The smallest absolute Gasteiger partial charge is 0.0711 e. The Hall–Kier alpha value is 2.28. The number of benzene rings is 4. The minimum Gasteiger partial charge on any atom is -0.0849 e. The topological polar surface area (TPSA) is 0 Å². The van der Waals surface area contributed by atoms with Crippen molar-refractivity contribution in [2.75, 3.05) is 0 Å². The molecule has 12 rings (SSSR count). The molecule has 112 heavy (non-hydrogen) atoms. The van der Waals surface area contributed by atoms with Crippen LogP contribution in [0.4, 0.5) is 0 Å². The Morgan fingerprint density at radius 3 is 0.670 bits per heavy atom. The van der Waals surface area contributed by atoms with Gasteiger partial charge in [0, 0.05) is 39.2 Å². The van der Waals surface area contributed by atoms with Crippen LogP contribution in [-0.2, 0) is 0 Å². The molecule has 0 saturated heterocycles. The highest BCUT2D eigenvalue weighted by atomic mass is 127. The van der Waals surface area contributed by atoms with E-state index in [-0.39, 0.29) is 0 Å².